The van der Waals surface area contributed by atoms with Crippen molar-refractivity contribution in [3.63, 3.8) is 0 Å². The first-order valence-corrected chi connectivity index (χ1v) is 9.72. The largest absolute Gasteiger partial charge is 0.366 e. The second-order valence-electron chi connectivity index (χ2n) is 7.42. The molecule has 2 saturated heterocycles. The van der Waals surface area contributed by atoms with Crippen LogP contribution in [0.3, 0.4) is 0 Å². The van der Waals surface area contributed by atoms with Crippen molar-refractivity contribution in [1.29, 1.82) is 0 Å². The van der Waals surface area contributed by atoms with Crippen LogP contribution in [0, 0.1) is 11.7 Å². The first-order chi connectivity index (χ1) is 13.6. The molecule has 0 spiro atoms. The van der Waals surface area contributed by atoms with Gasteiger partial charge in [0.25, 0.3) is 0 Å². The summed E-state index contributed by atoms with van der Waals surface area (Å²) in [4.78, 5) is 30.8. The Hall–Kier alpha value is -2.89. The van der Waals surface area contributed by atoms with E-state index >= 15 is 0 Å². The number of carbonyl (C=O) groups excluding carboxylic acids is 2. The van der Waals surface area contributed by atoms with Crippen LogP contribution < -0.4 is 4.90 Å². The molecule has 0 aromatic heterocycles. The Kier molecular flexibility index (Phi) is 5.28. The monoisotopic (exact) mass is 381 g/mol. The van der Waals surface area contributed by atoms with Gasteiger partial charge in [0.2, 0.25) is 11.8 Å². The van der Waals surface area contributed by atoms with Gasteiger partial charge in [0.15, 0.2) is 0 Å². The third kappa shape index (κ3) is 3.86. The van der Waals surface area contributed by atoms with E-state index in [9.17, 15) is 14.0 Å². The highest BCUT2D eigenvalue weighted by molar-refractivity contribution is 5.89. The Bertz CT molecular complexity index is 850. The average Bonchev–Trinajstić information content (AvgIpc) is 3.09. The average molecular weight is 381 g/mol. The van der Waals surface area contributed by atoms with Crippen LogP contribution in [-0.2, 0) is 16.1 Å². The van der Waals surface area contributed by atoms with Gasteiger partial charge in [-0.1, -0.05) is 42.5 Å². The summed E-state index contributed by atoms with van der Waals surface area (Å²) in [7, 11) is 0. The molecule has 0 bridgehead atoms. The molecule has 0 unspecified atom stereocenters. The Morgan fingerprint density at radius 1 is 0.964 bits per heavy atom. The molecule has 5 nitrogen and oxygen atoms in total. The van der Waals surface area contributed by atoms with E-state index in [1.54, 1.807) is 17.0 Å². The number of benzene rings is 2. The lowest BCUT2D eigenvalue weighted by molar-refractivity contribution is -0.136. The van der Waals surface area contributed by atoms with E-state index in [0.717, 1.165) is 5.56 Å². The van der Waals surface area contributed by atoms with Crippen molar-refractivity contribution in [1.82, 2.24) is 9.80 Å². The summed E-state index contributed by atoms with van der Waals surface area (Å²) in [5, 5.41) is 0. The van der Waals surface area contributed by atoms with Crippen LogP contribution in [0.5, 0.6) is 0 Å². The van der Waals surface area contributed by atoms with Crippen LogP contribution in [0.1, 0.15) is 12.0 Å². The zero-order valence-corrected chi connectivity index (χ0v) is 15.8. The minimum Gasteiger partial charge on any atom is -0.366 e. The lowest BCUT2D eigenvalue weighted by atomic mass is 10.1. The molecule has 0 aliphatic carbocycles. The smallest absolute Gasteiger partial charge is 0.228 e. The second kappa shape index (κ2) is 8.00. The van der Waals surface area contributed by atoms with Crippen LogP contribution in [-0.4, -0.2) is 54.3 Å². The van der Waals surface area contributed by atoms with Crippen LogP contribution in [0.25, 0.3) is 0 Å². The molecular formula is C22H24FN3O2. The fourth-order valence-corrected chi connectivity index (χ4v) is 4.03. The minimum atomic E-state index is -0.281. The van der Waals surface area contributed by atoms with Crippen molar-refractivity contribution in [2.45, 2.75) is 13.0 Å². The van der Waals surface area contributed by atoms with E-state index in [0.29, 0.717) is 45.0 Å². The summed E-state index contributed by atoms with van der Waals surface area (Å²) in [6.45, 7) is 3.32. The normalized spacial score (nSPS) is 20.0. The molecule has 2 amide bonds. The SMILES string of the molecule is O=C1C[C@H](C(=O)N2CCN(c3ccccc3F)CC2)CN1Cc1ccccc1. The van der Waals surface area contributed by atoms with Gasteiger partial charge in [-0.25, -0.2) is 4.39 Å². The molecule has 146 valence electrons. The second-order valence-corrected chi connectivity index (χ2v) is 7.42. The number of hydrogen-bond donors (Lipinski definition) is 0. The third-order valence-corrected chi connectivity index (χ3v) is 5.56. The standard InChI is InChI=1S/C22H24FN3O2/c23-19-8-4-5-9-20(19)24-10-12-25(13-11-24)22(28)18-14-21(27)26(16-18)15-17-6-2-1-3-7-17/h1-9,18H,10-16H2/t18-/m0/s1. The van der Waals surface area contributed by atoms with E-state index in [2.05, 4.69) is 0 Å². The van der Waals surface area contributed by atoms with Crippen molar-refractivity contribution in [2.75, 3.05) is 37.6 Å². The Morgan fingerprint density at radius 2 is 1.64 bits per heavy atom. The van der Waals surface area contributed by atoms with Gasteiger partial charge in [0, 0.05) is 45.7 Å². The number of rotatable bonds is 4. The van der Waals surface area contributed by atoms with Crippen LogP contribution in [0.2, 0.25) is 0 Å². The van der Waals surface area contributed by atoms with Crippen LogP contribution in [0.4, 0.5) is 10.1 Å². The molecule has 2 aromatic carbocycles. The highest BCUT2D eigenvalue weighted by Gasteiger charge is 2.37. The number of para-hydroxylation sites is 1. The maximum Gasteiger partial charge on any atom is 0.228 e. The number of anilines is 1. The highest BCUT2D eigenvalue weighted by Crippen LogP contribution is 2.24. The zero-order valence-electron chi connectivity index (χ0n) is 15.8. The Labute approximate surface area is 164 Å². The molecule has 0 N–H and O–H groups in total. The molecule has 2 heterocycles. The molecule has 0 radical (unpaired) electrons. The molecule has 0 saturated carbocycles. The third-order valence-electron chi connectivity index (χ3n) is 5.56. The van der Waals surface area contributed by atoms with E-state index in [-0.39, 0.29) is 30.0 Å². The maximum atomic E-state index is 14.0. The minimum absolute atomic E-state index is 0.0344. The zero-order chi connectivity index (χ0) is 19.5. The van der Waals surface area contributed by atoms with Crippen LogP contribution in [0.15, 0.2) is 54.6 Å². The maximum absolute atomic E-state index is 14.0. The van der Waals surface area contributed by atoms with Crippen molar-refractivity contribution in [2.24, 2.45) is 5.92 Å². The molecule has 4 rings (SSSR count). The molecule has 2 fully saturated rings. The Morgan fingerprint density at radius 3 is 2.36 bits per heavy atom. The van der Waals surface area contributed by atoms with E-state index in [4.69, 9.17) is 0 Å². The summed E-state index contributed by atoms with van der Waals surface area (Å²) in [5.74, 6) is -0.444. The van der Waals surface area contributed by atoms with E-state index < -0.39 is 0 Å². The Balaban J connectivity index is 1.33. The number of amides is 2. The lowest BCUT2D eigenvalue weighted by Gasteiger charge is -2.37. The van der Waals surface area contributed by atoms with Gasteiger partial charge in [0.05, 0.1) is 11.6 Å². The summed E-state index contributed by atoms with van der Waals surface area (Å²) in [6, 6.07) is 16.6. The molecule has 2 aliphatic heterocycles. The van der Waals surface area contributed by atoms with Crippen molar-refractivity contribution in [3.05, 3.63) is 66.0 Å². The number of nitrogens with zero attached hydrogens (tertiary/aromatic N) is 3. The first kappa shape index (κ1) is 18.5. The van der Waals surface area contributed by atoms with Gasteiger partial charge < -0.3 is 14.7 Å². The lowest BCUT2D eigenvalue weighted by Crippen LogP contribution is -2.50. The molecule has 1 atom stereocenters. The topological polar surface area (TPSA) is 43.9 Å². The number of likely N-dealkylation sites (tertiary alicyclic amines) is 1. The number of hydrogen-bond acceptors (Lipinski definition) is 3. The summed E-state index contributed by atoms with van der Waals surface area (Å²) >= 11 is 0. The number of carbonyl (C=O) groups is 2. The molecule has 6 heteroatoms. The van der Waals surface area contributed by atoms with Gasteiger partial charge in [-0.05, 0) is 17.7 Å². The molecule has 2 aliphatic rings. The van der Waals surface area contributed by atoms with E-state index in [1.165, 1.54) is 6.07 Å². The summed E-state index contributed by atoms with van der Waals surface area (Å²) in [5.41, 5.74) is 1.65. The highest BCUT2D eigenvalue weighted by atomic mass is 19.1. The van der Waals surface area contributed by atoms with Gasteiger partial charge >= 0.3 is 0 Å². The fourth-order valence-electron chi connectivity index (χ4n) is 4.03. The van der Waals surface area contributed by atoms with Gasteiger partial charge in [0.1, 0.15) is 5.82 Å². The quantitative estimate of drug-likeness (QED) is 0.818. The van der Waals surface area contributed by atoms with Crippen molar-refractivity contribution in [3.8, 4) is 0 Å². The first-order valence-electron chi connectivity index (χ1n) is 9.72. The van der Waals surface area contributed by atoms with Crippen molar-refractivity contribution >= 4 is 17.5 Å². The van der Waals surface area contributed by atoms with Gasteiger partial charge in [-0.15, -0.1) is 0 Å². The van der Waals surface area contributed by atoms with Gasteiger partial charge in [-0.2, -0.15) is 0 Å². The summed E-state index contributed by atoms with van der Waals surface area (Å²) in [6.07, 6.45) is 0.277. The van der Waals surface area contributed by atoms with Crippen molar-refractivity contribution < 1.29 is 14.0 Å². The molecular weight excluding hydrogens is 357 g/mol. The van der Waals surface area contributed by atoms with Gasteiger partial charge in [-0.3, -0.25) is 9.59 Å². The fraction of sp³-hybridized carbons (Fsp3) is 0.364. The predicted molar refractivity (Wildman–Crippen MR) is 105 cm³/mol. The predicted octanol–water partition coefficient (Wildman–Crippen LogP) is 2.52. The molecule has 2 aromatic rings. The summed E-state index contributed by atoms with van der Waals surface area (Å²) < 4.78 is 14.0. The molecule has 28 heavy (non-hydrogen) atoms. The van der Waals surface area contributed by atoms with Crippen LogP contribution >= 0.6 is 0 Å². The number of halogens is 1. The van der Waals surface area contributed by atoms with E-state index in [1.807, 2.05) is 46.2 Å². The number of piperazine rings is 1.